The normalized spacial score (nSPS) is 28.1. The zero-order valence-electron chi connectivity index (χ0n) is 15.3. The van der Waals surface area contributed by atoms with Crippen molar-refractivity contribution in [2.24, 2.45) is 0 Å². The fourth-order valence-electron chi connectivity index (χ4n) is 2.77. The first-order valence-electron chi connectivity index (χ1n) is 8.12. The third-order valence-electron chi connectivity index (χ3n) is 3.88. The van der Waals surface area contributed by atoms with E-state index in [0.29, 0.717) is 5.56 Å². The molecule has 14 heteroatoms. The second kappa shape index (κ2) is 9.44. The molecule has 1 aliphatic heterocycles. The molecule has 164 valence electrons. The fraction of sp³-hybridized carbons (Fsp3) is 0.533. The Hall–Kier alpha value is -1.65. The van der Waals surface area contributed by atoms with Gasteiger partial charge in [0.15, 0.2) is 24.6 Å². The predicted molar refractivity (Wildman–Crippen MR) is 94.2 cm³/mol. The van der Waals surface area contributed by atoms with Gasteiger partial charge in [-0.2, -0.15) is 16.8 Å². The SMILES string of the molecule is CO[C@@H]1O[C@@H](C)[C@H](OC(=O)Cc2ccccc2)[C@@H](OS(=O)(=O)O)[C@H]1OS(=O)(=O)O. The summed E-state index contributed by atoms with van der Waals surface area (Å²) in [5, 5.41) is 0. The van der Waals surface area contributed by atoms with E-state index in [-0.39, 0.29) is 6.42 Å². The van der Waals surface area contributed by atoms with Crippen molar-refractivity contribution in [3.05, 3.63) is 35.9 Å². The van der Waals surface area contributed by atoms with Crippen LogP contribution in [0.1, 0.15) is 12.5 Å². The summed E-state index contributed by atoms with van der Waals surface area (Å²) in [5.74, 6) is -0.818. The van der Waals surface area contributed by atoms with E-state index < -0.39 is 57.5 Å². The van der Waals surface area contributed by atoms with Crippen LogP contribution < -0.4 is 0 Å². The molecule has 1 aromatic carbocycles. The maximum absolute atomic E-state index is 12.3. The lowest BCUT2D eigenvalue weighted by atomic mass is 9.99. The van der Waals surface area contributed by atoms with Crippen molar-refractivity contribution < 1.29 is 53.3 Å². The molecular formula is C15H20O12S2. The number of benzene rings is 1. The van der Waals surface area contributed by atoms with Gasteiger partial charge in [0.2, 0.25) is 0 Å². The first kappa shape index (κ1) is 23.6. The van der Waals surface area contributed by atoms with Gasteiger partial charge < -0.3 is 14.2 Å². The minimum absolute atomic E-state index is 0.194. The standard InChI is InChI=1S/C15H20O12S2/c1-9-12(25-11(16)8-10-6-4-3-5-7-10)13(26-28(17,18)19)14(15(23-2)24-9)27-29(20,21)22/h3-7,9,12-15H,8H2,1-2H3,(H,17,18,19)(H,20,21,22)/t9-,12-,13+,14+,15+/m0/s1. The molecule has 12 nitrogen and oxygen atoms in total. The molecule has 2 N–H and O–H groups in total. The number of methoxy groups -OCH3 is 1. The highest BCUT2D eigenvalue weighted by Crippen LogP contribution is 2.30. The molecule has 2 rings (SSSR count). The van der Waals surface area contributed by atoms with Crippen LogP contribution >= 0.6 is 0 Å². The highest BCUT2D eigenvalue weighted by Gasteiger charge is 2.52. The maximum atomic E-state index is 12.3. The topological polar surface area (TPSA) is 172 Å². The molecule has 5 atom stereocenters. The molecule has 0 amide bonds. The third kappa shape index (κ3) is 7.27. The molecule has 0 spiro atoms. The molecule has 0 aromatic heterocycles. The van der Waals surface area contributed by atoms with E-state index in [1.54, 1.807) is 30.3 Å². The van der Waals surface area contributed by atoms with Gasteiger partial charge >= 0.3 is 26.8 Å². The van der Waals surface area contributed by atoms with Crippen molar-refractivity contribution in [2.45, 2.75) is 44.1 Å². The van der Waals surface area contributed by atoms with Crippen LogP contribution in [0.25, 0.3) is 0 Å². The van der Waals surface area contributed by atoms with Crippen molar-refractivity contribution in [3.8, 4) is 0 Å². The molecule has 0 bridgehead atoms. The van der Waals surface area contributed by atoms with Crippen LogP contribution in [0.15, 0.2) is 30.3 Å². The van der Waals surface area contributed by atoms with Crippen molar-refractivity contribution in [1.29, 1.82) is 0 Å². The van der Waals surface area contributed by atoms with Gasteiger partial charge in [-0.05, 0) is 12.5 Å². The average Bonchev–Trinajstić information content (AvgIpc) is 2.59. The summed E-state index contributed by atoms with van der Waals surface area (Å²) < 4.78 is 87.3. The number of esters is 1. The Bertz CT molecular complexity index is 898. The van der Waals surface area contributed by atoms with Crippen molar-refractivity contribution in [1.82, 2.24) is 0 Å². The van der Waals surface area contributed by atoms with E-state index in [4.69, 9.17) is 23.3 Å². The zero-order chi connectivity index (χ0) is 21.8. The minimum atomic E-state index is -5.15. The van der Waals surface area contributed by atoms with Crippen LogP contribution in [0.4, 0.5) is 0 Å². The Morgan fingerprint density at radius 3 is 2.07 bits per heavy atom. The molecule has 0 unspecified atom stereocenters. The highest BCUT2D eigenvalue weighted by atomic mass is 32.3. The average molecular weight is 456 g/mol. The molecule has 0 radical (unpaired) electrons. The molecule has 1 aromatic rings. The van der Waals surface area contributed by atoms with Crippen LogP contribution in [-0.4, -0.2) is 69.7 Å². The molecule has 29 heavy (non-hydrogen) atoms. The van der Waals surface area contributed by atoms with Gasteiger partial charge in [-0.15, -0.1) is 0 Å². The van der Waals surface area contributed by atoms with Crippen molar-refractivity contribution in [3.63, 3.8) is 0 Å². The molecule has 0 saturated carbocycles. The summed E-state index contributed by atoms with van der Waals surface area (Å²) in [6, 6.07) is 8.43. The summed E-state index contributed by atoms with van der Waals surface area (Å²) >= 11 is 0. The lowest BCUT2D eigenvalue weighted by Crippen LogP contribution is -2.61. The number of hydrogen-bond acceptors (Lipinski definition) is 10. The van der Waals surface area contributed by atoms with Gasteiger partial charge in [0.05, 0.1) is 12.5 Å². The van der Waals surface area contributed by atoms with E-state index >= 15 is 0 Å². The number of ether oxygens (including phenoxy) is 3. The van der Waals surface area contributed by atoms with Crippen LogP contribution in [0.2, 0.25) is 0 Å². The van der Waals surface area contributed by atoms with E-state index in [1.165, 1.54) is 6.92 Å². The Labute approximate surface area is 167 Å². The van der Waals surface area contributed by atoms with Gasteiger partial charge in [0, 0.05) is 7.11 Å². The monoisotopic (exact) mass is 456 g/mol. The molecular weight excluding hydrogens is 436 g/mol. The maximum Gasteiger partial charge on any atom is 0.397 e. The second-order valence-electron chi connectivity index (χ2n) is 6.04. The van der Waals surface area contributed by atoms with Crippen LogP contribution in [0.3, 0.4) is 0 Å². The molecule has 1 saturated heterocycles. The Balaban J connectivity index is 2.31. The van der Waals surface area contributed by atoms with Gasteiger partial charge in [-0.25, -0.2) is 8.37 Å². The number of carbonyl (C=O) groups is 1. The predicted octanol–water partition coefficient (Wildman–Crippen LogP) is -0.0919. The minimum Gasteiger partial charge on any atom is -0.456 e. The number of hydrogen-bond donors (Lipinski definition) is 2. The largest absolute Gasteiger partial charge is 0.456 e. The summed E-state index contributed by atoms with van der Waals surface area (Å²) in [4.78, 5) is 12.3. The van der Waals surface area contributed by atoms with Gasteiger partial charge in [0.1, 0.15) is 0 Å². The van der Waals surface area contributed by atoms with E-state index in [0.717, 1.165) is 7.11 Å². The van der Waals surface area contributed by atoms with Gasteiger partial charge in [-0.3, -0.25) is 13.9 Å². The molecule has 1 heterocycles. The summed E-state index contributed by atoms with van der Waals surface area (Å²) in [5.41, 5.74) is 0.592. The smallest absolute Gasteiger partial charge is 0.397 e. The summed E-state index contributed by atoms with van der Waals surface area (Å²) in [7, 11) is -9.20. The number of carbonyl (C=O) groups excluding carboxylic acids is 1. The highest BCUT2D eigenvalue weighted by molar-refractivity contribution is 7.81. The zero-order valence-corrected chi connectivity index (χ0v) is 16.9. The Kier molecular flexibility index (Phi) is 7.69. The summed E-state index contributed by atoms with van der Waals surface area (Å²) in [6.45, 7) is 1.37. The number of rotatable bonds is 8. The lowest BCUT2D eigenvalue weighted by Gasteiger charge is -2.42. The molecule has 1 fully saturated rings. The first-order valence-corrected chi connectivity index (χ1v) is 10.9. The van der Waals surface area contributed by atoms with Crippen LogP contribution in [0.5, 0.6) is 0 Å². The van der Waals surface area contributed by atoms with Crippen LogP contribution in [-0.2, 0) is 54.6 Å². The van der Waals surface area contributed by atoms with Crippen molar-refractivity contribution in [2.75, 3.05) is 7.11 Å². The van der Waals surface area contributed by atoms with E-state index in [9.17, 15) is 21.6 Å². The fourth-order valence-corrected chi connectivity index (χ4v) is 3.76. The van der Waals surface area contributed by atoms with Gasteiger partial charge in [0.25, 0.3) is 0 Å². The van der Waals surface area contributed by atoms with E-state index in [1.807, 2.05) is 0 Å². The Morgan fingerprint density at radius 1 is 1.00 bits per heavy atom. The van der Waals surface area contributed by atoms with Crippen LogP contribution in [0, 0.1) is 0 Å². The molecule has 0 aliphatic carbocycles. The molecule has 1 aliphatic rings. The van der Waals surface area contributed by atoms with Gasteiger partial charge in [-0.1, -0.05) is 30.3 Å². The lowest BCUT2D eigenvalue weighted by molar-refractivity contribution is -0.279. The van der Waals surface area contributed by atoms with E-state index in [2.05, 4.69) is 8.37 Å². The quantitative estimate of drug-likeness (QED) is 0.394. The first-order chi connectivity index (χ1) is 13.4. The summed E-state index contributed by atoms with van der Waals surface area (Å²) in [6.07, 6.45) is -8.18. The van der Waals surface area contributed by atoms with Crippen molar-refractivity contribution >= 4 is 26.8 Å². The second-order valence-corrected chi connectivity index (χ2v) is 8.14. The Morgan fingerprint density at radius 2 is 1.55 bits per heavy atom. The third-order valence-corrected chi connectivity index (χ3v) is 4.81.